The van der Waals surface area contributed by atoms with Crippen molar-refractivity contribution in [2.24, 2.45) is 0 Å². The Morgan fingerprint density at radius 1 is 1.38 bits per heavy atom. The number of alkyl halides is 2. The molecule has 0 saturated heterocycles. The van der Waals surface area contributed by atoms with Crippen molar-refractivity contribution >= 4 is 21.6 Å². The van der Waals surface area contributed by atoms with Gasteiger partial charge in [0.05, 0.1) is 6.54 Å². The summed E-state index contributed by atoms with van der Waals surface area (Å²) in [4.78, 5) is -0.703. The lowest BCUT2D eigenvalue weighted by Gasteiger charge is -2.18. The second kappa shape index (κ2) is 7.44. The molecule has 0 spiro atoms. The molecule has 0 amide bonds. The highest BCUT2D eigenvalue weighted by atomic mass is 35.5. The van der Waals surface area contributed by atoms with E-state index >= 15 is 0 Å². The lowest BCUT2D eigenvalue weighted by Crippen LogP contribution is -2.32. The van der Waals surface area contributed by atoms with E-state index in [9.17, 15) is 21.6 Å². The van der Waals surface area contributed by atoms with E-state index in [2.05, 4.69) is 5.32 Å². The van der Waals surface area contributed by atoms with Crippen molar-refractivity contribution in [3.63, 3.8) is 0 Å². The maximum absolute atomic E-state index is 14.3. The van der Waals surface area contributed by atoms with Crippen LogP contribution in [-0.2, 0) is 16.6 Å². The van der Waals surface area contributed by atoms with Crippen molar-refractivity contribution in [3.8, 4) is 0 Å². The molecule has 0 heterocycles. The summed E-state index contributed by atoms with van der Waals surface area (Å²) in [7, 11) is -3.40. The van der Waals surface area contributed by atoms with Gasteiger partial charge < -0.3 is 5.32 Å². The van der Waals surface area contributed by atoms with E-state index in [0.29, 0.717) is 10.8 Å². The standard InChI is InChI=1S/C12H16ClF3N2O2S/c1-3-17-6-8-4-9(13)5-10(12(8)16)21(19,20)18(2)7-11(14)15/h4-5,11,17H,3,6-7H2,1-2H3. The summed E-state index contributed by atoms with van der Waals surface area (Å²) in [6.07, 6.45) is -2.85. The van der Waals surface area contributed by atoms with E-state index in [-0.39, 0.29) is 17.1 Å². The van der Waals surface area contributed by atoms with Gasteiger partial charge in [0, 0.05) is 24.2 Å². The number of nitrogens with zero attached hydrogens (tertiary/aromatic N) is 1. The molecule has 0 unspecified atom stereocenters. The predicted molar refractivity (Wildman–Crippen MR) is 74.6 cm³/mol. The third-order valence-corrected chi connectivity index (χ3v) is 4.77. The third-order valence-electron chi connectivity index (χ3n) is 2.73. The molecule has 9 heteroatoms. The average Bonchev–Trinajstić information content (AvgIpc) is 2.38. The Kier molecular flexibility index (Phi) is 6.45. The molecule has 0 aliphatic rings. The summed E-state index contributed by atoms with van der Waals surface area (Å²) in [6.45, 7) is 1.43. The molecule has 0 atom stereocenters. The van der Waals surface area contributed by atoms with Crippen LogP contribution in [-0.4, -0.2) is 39.3 Å². The van der Waals surface area contributed by atoms with Gasteiger partial charge in [0.15, 0.2) is 0 Å². The zero-order valence-corrected chi connectivity index (χ0v) is 13.1. The number of sulfonamides is 1. The number of benzene rings is 1. The van der Waals surface area contributed by atoms with Crippen molar-refractivity contribution in [3.05, 3.63) is 28.5 Å². The number of nitrogens with one attached hydrogen (secondary N) is 1. The second-order valence-corrected chi connectivity index (χ2v) is 6.78. The number of rotatable bonds is 7. The predicted octanol–water partition coefficient (Wildman–Crippen LogP) is 2.47. The Morgan fingerprint density at radius 2 is 2.00 bits per heavy atom. The summed E-state index contributed by atoms with van der Waals surface area (Å²) in [5, 5.41) is 2.87. The van der Waals surface area contributed by atoms with Crippen LogP contribution in [0.3, 0.4) is 0 Å². The van der Waals surface area contributed by atoms with Crippen molar-refractivity contribution in [1.82, 2.24) is 9.62 Å². The van der Waals surface area contributed by atoms with Crippen LogP contribution in [0.5, 0.6) is 0 Å². The fraction of sp³-hybridized carbons (Fsp3) is 0.500. The van der Waals surface area contributed by atoms with E-state index < -0.39 is 33.7 Å². The topological polar surface area (TPSA) is 49.4 Å². The van der Waals surface area contributed by atoms with Gasteiger partial charge in [-0.3, -0.25) is 0 Å². The highest BCUT2D eigenvalue weighted by Gasteiger charge is 2.28. The van der Waals surface area contributed by atoms with Crippen LogP contribution < -0.4 is 5.32 Å². The molecule has 1 N–H and O–H groups in total. The first-order valence-corrected chi connectivity index (χ1v) is 7.95. The fourth-order valence-corrected chi connectivity index (χ4v) is 3.24. The van der Waals surface area contributed by atoms with Crippen LogP contribution in [0.4, 0.5) is 13.2 Å². The molecule has 4 nitrogen and oxygen atoms in total. The number of halogens is 4. The Bertz CT molecular complexity index is 596. The molecule has 1 rings (SSSR count). The minimum Gasteiger partial charge on any atom is -0.313 e. The van der Waals surface area contributed by atoms with E-state index in [1.807, 2.05) is 0 Å². The van der Waals surface area contributed by atoms with Crippen molar-refractivity contribution in [2.45, 2.75) is 24.8 Å². The van der Waals surface area contributed by atoms with Gasteiger partial charge in [0.1, 0.15) is 10.7 Å². The minimum atomic E-state index is -4.37. The first-order chi connectivity index (χ1) is 9.70. The lowest BCUT2D eigenvalue weighted by molar-refractivity contribution is 0.126. The zero-order chi connectivity index (χ0) is 16.2. The molecular formula is C12H16ClF3N2O2S. The molecule has 0 radical (unpaired) electrons. The first-order valence-electron chi connectivity index (χ1n) is 6.13. The fourth-order valence-electron chi connectivity index (χ4n) is 1.65. The number of hydrogen-bond donors (Lipinski definition) is 1. The zero-order valence-electron chi connectivity index (χ0n) is 11.5. The largest absolute Gasteiger partial charge is 0.313 e. The second-order valence-electron chi connectivity index (χ2n) is 4.33. The van der Waals surface area contributed by atoms with Crippen molar-refractivity contribution in [1.29, 1.82) is 0 Å². The third kappa shape index (κ3) is 4.57. The Balaban J connectivity index is 3.25. The van der Waals surface area contributed by atoms with Crippen molar-refractivity contribution < 1.29 is 21.6 Å². The van der Waals surface area contributed by atoms with Crippen LogP contribution in [0.1, 0.15) is 12.5 Å². The summed E-state index contributed by atoms with van der Waals surface area (Å²) < 4.78 is 63.6. The molecule has 120 valence electrons. The van der Waals surface area contributed by atoms with Gasteiger partial charge in [-0.05, 0) is 18.7 Å². The SMILES string of the molecule is CCNCc1cc(Cl)cc(S(=O)(=O)N(C)CC(F)F)c1F. The van der Waals surface area contributed by atoms with Crippen LogP contribution >= 0.6 is 11.6 Å². The molecule has 1 aromatic carbocycles. The highest BCUT2D eigenvalue weighted by molar-refractivity contribution is 7.89. The smallest absolute Gasteiger partial charge is 0.252 e. The monoisotopic (exact) mass is 344 g/mol. The van der Waals surface area contributed by atoms with Gasteiger partial charge in [-0.15, -0.1) is 0 Å². The molecular weight excluding hydrogens is 329 g/mol. The summed E-state index contributed by atoms with van der Waals surface area (Å²) in [5.41, 5.74) is 0.0633. The van der Waals surface area contributed by atoms with E-state index in [1.54, 1.807) is 6.92 Å². The molecule has 1 aromatic rings. The lowest BCUT2D eigenvalue weighted by atomic mass is 10.2. The molecule has 0 aliphatic heterocycles. The molecule has 0 fully saturated rings. The molecule has 0 saturated carbocycles. The van der Waals surface area contributed by atoms with Crippen molar-refractivity contribution in [2.75, 3.05) is 20.1 Å². The van der Waals surface area contributed by atoms with Crippen LogP contribution in [0.25, 0.3) is 0 Å². The molecule has 0 aliphatic carbocycles. The van der Waals surface area contributed by atoms with E-state index in [1.165, 1.54) is 6.07 Å². The normalized spacial score (nSPS) is 12.4. The quantitative estimate of drug-likeness (QED) is 0.826. The van der Waals surface area contributed by atoms with Gasteiger partial charge in [0.2, 0.25) is 10.0 Å². The van der Waals surface area contributed by atoms with Crippen LogP contribution in [0.15, 0.2) is 17.0 Å². The molecule has 0 aromatic heterocycles. The van der Waals surface area contributed by atoms with E-state index in [4.69, 9.17) is 11.6 Å². The Labute approximate surface area is 126 Å². The maximum Gasteiger partial charge on any atom is 0.252 e. The number of hydrogen-bond acceptors (Lipinski definition) is 3. The summed E-state index contributed by atoms with van der Waals surface area (Å²) in [6, 6.07) is 2.22. The Hall–Kier alpha value is -0.830. The van der Waals surface area contributed by atoms with Gasteiger partial charge in [-0.1, -0.05) is 18.5 Å². The first kappa shape index (κ1) is 18.2. The molecule has 0 bridgehead atoms. The summed E-state index contributed by atoms with van der Waals surface area (Å²) >= 11 is 5.79. The Morgan fingerprint density at radius 3 is 2.52 bits per heavy atom. The average molecular weight is 345 g/mol. The van der Waals surface area contributed by atoms with Gasteiger partial charge in [0.25, 0.3) is 6.43 Å². The highest BCUT2D eigenvalue weighted by Crippen LogP contribution is 2.26. The molecule has 21 heavy (non-hydrogen) atoms. The van der Waals surface area contributed by atoms with Gasteiger partial charge in [-0.25, -0.2) is 21.6 Å². The van der Waals surface area contributed by atoms with Gasteiger partial charge >= 0.3 is 0 Å². The maximum atomic E-state index is 14.3. The van der Waals surface area contributed by atoms with Crippen LogP contribution in [0.2, 0.25) is 5.02 Å². The minimum absolute atomic E-state index is 0.0216. The van der Waals surface area contributed by atoms with E-state index in [0.717, 1.165) is 13.1 Å². The summed E-state index contributed by atoms with van der Waals surface area (Å²) in [5.74, 6) is -0.985. The van der Waals surface area contributed by atoms with Crippen LogP contribution in [0, 0.1) is 5.82 Å². The van der Waals surface area contributed by atoms with Gasteiger partial charge in [-0.2, -0.15) is 4.31 Å².